The minimum absolute atomic E-state index is 0.103. The maximum absolute atomic E-state index is 12.8. The molecule has 8 nitrogen and oxygen atoms in total. The maximum Gasteiger partial charge on any atom is 0.287 e. The smallest absolute Gasteiger partial charge is 0.287 e. The zero-order valence-corrected chi connectivity index (χ0v) is 19.2. The van der Waals surface area contributed by atoms with Gasteiger partial charge in [0.2, 0.25) is 0 Å². The fourth-order valence-corrected chi connectivity index (χ4v) is 5.00. The van der Waals surface area contributed by atoms with E-state index in [0.717, 1.165) is 47.6 Å². The molecule has 5 rings (SSSR count). The Morgan fingerprint density at radius 1 is 1.12 bits per heavy atom. The fraction of sp³-hybridized carbons (Fsp3) is 0.269. The number of hydrogen-bond acceptors (Lipinski definition) is 5. The molecule has 1 aromatic heterocycles. The molecule has 2 aliphatic rings. The van der Waals surface area contributed by atoms with Crippen LogP contribution in [0, 0.1) is 6.92 Å². The number of anilines is 3. The van der Waals surface area contributed by atoms with Gasteiger partial charge in [-0.25, -0.2) is 4.98 Å². The van der Waals surface area contributed by atoms with Crippen LogP contribution in [-0.4, -0.2) is 54.1 Å². The number of nitrogens with two attached hydrogens (primary N) is 1. The third kappa shape index (κ3) is 4.08. The number of hydrogen-bond donors (Lipinski definition) is 3. The van der Waals surface area contributed by atoms with Crippen LogP contribution in [0.4, 0.5) is 17.2 Å². The van der Waals surface area contributed by atoms with Crippen molar-refractivity contribution in [3.8, 4) is 0 Å². The summed E-state index contributed by atoms with van der Waals surface area (Å²) in [6, 6.07) is 18.9. The molecule has 2 aromatic carbocycles. The van der Waals surface area contributed by atoms with Gasteiger partial charge in [-0.2, -0.15) is 0 Å². The van der Waals surface area contributed by atoms with Gasteiger partial charge in [0.05, 0.1) is 43.1 Å². The van der Waals surface area contributed by atoms with Crippen molar-refractivity contribution < 1.29 is 14.1 Å². The van der Waals surface area contributed by atoms with Gasteiger partial charge in [-0.15, -0.1) is 0 Å². The van der Waals surface area contributed by atoms with E-state index in [2.05, 4.69) is 45.6 Å². The molecule has 1 unspecified atom stereocenters. The number of nitrogens with zero attached hydrogens (tertiary/aromatic N) is 3. The van der Waals surface area contributed by atoms with Crippen molar-refractivity contribution in [3.05, 3.63) is 83.6 Å². The van der Waals surface area contributed by atoms with Gasteiger partial charge < -0.3 is 21.3 Å². The molecule has 0 saturated carbocycles. The Morgan fingerprint density at radius 2 is 1.91 bits per heavy atom. The predicted molar refractivity (Wildman–Crippen MR) is 132 cm³/mol. The number of nitrogen functional groups attached to an aromatic ring is 1. The highest BCUT2D eigenvalue weighted by molar-refractivity contribution is 6.05. The summed E-state index contributed by atoms with van der Waals surface area (Å²) in [5.74, 6) is 0.688. The van der Waals surface area contributed by atoms with E-state index in [0.29, 0.717) is 23.6 Å². The van der Waals surface area contributed by atoms with Crippen LogP contribution in [0.2, 0.25) is 0 Å². The molecule has 2 aliphatic heterocycles. The van der Waals surface area contributed by atoms with Crippen molar-refractivity contribution in [3.63, 3.8) is 0 Å². The predicted octanol–water partition coefficient (Wildman–Crippen LogP) is 2.69. The summed E-state index contributed by atoms with van der Waals surface area (Å²) in [4.78, 5) is 32.1. The molecule has 0 aliphatic carbocycles. The summed E-state index contributed by atoms with van der Waals surface area (Å²) in [6.45, 7) is 5.97. The molecule has 0 radical (unpaired) electrons. The van der Waals surface area contributed by atoms with E-state index in [1.807, 2.05) is 24.3 Å². The van der Waals surface area contributed by atoms with Crippen molar-refractivity contribution in [2.75, 3.05) is 48.8 Å². The first-order valence-electron chi connectivity index (χ1n) is 11.5. The summed E-state index contributed by atoms with van der Waals surface area (Å²) in [5, 5.41) is 5.92. The highest BCUT2D eigenvalue weighted by Crippen LogP contribution is 2.35. The number of benzene rings is 2. The van der Waals surface area contributed by atoms with E-state index < -0.39 is 0 Å². The molecule has 4 N–H and O–H groups in total. The standard InChI is InChI=1S/C26H28N6O2/c1-18-5-4-6-19(15-18)24-26(34)29-17-32(24)13-11-31(12-14-32)23-10-9-20(16-28-23)25(33)30-22-8-3-2-7-21(22)27/h2-10,15-16,24H,11-14,17,27H2,1H3,(H-,29,30,33,34)/p+1. The van der Waals surface area contributed by atoms with Gasteiger partial charge in [-0.1, -0.05) is 35.9 Å². The first-order valence-corrected chi connectivity index (χ1v) is 11.5. The number of amides is 2. The average Bonchev–Trinajstić information content (AvgIpc) is 3.16. The summed E-state index contributed by atoms with van der Waals surface area (Å²) < 4.78 is 0.720. The highest BCUT2D eigenvalue weighted by atomic mass is 16.2. The molecule has 8 heteroatoms. The van der Waals surface area contributed by atoms with Crippen LogP contribution in [0.15, 0.2) is 66.9 Å². The van der Waals surface area contributed by atoms with Crippen LogP contribution < -0.4 is 21.3 Å². The lowest BCUT2D eigenvalue weighted by Gasteiger charge is -2.44. The van der Waals surface area contributed by atoms with Crippen LogP contribution in [0.1, 0.15) is 27.5 Å². The minimum atomic E-state index is -0.247. The van der Waals surface area contributed by atoms with Crippen LogP contribution >= 0.6 is 0 Å². The number of piperazine rings is 1. The lowest BCUT2D eigenvalue weighted by molar-refractivity contribution is -0.941. The molecule has 1 spiro atoms. The lowest BCUT2D eigenvalue weighted by Crippen LogP contribution is -2.60. The first-order chi connectivity index (χ1) is 16.4. The van der Waals surface area contributed by atoms with Crippen molar-refractivity contribution in [1.82, 2.24) is 10.3 Å². The molecule has 34 heavy (non-hydrogen) atoms. The van der Waals surface area contributed by atoms with Crippen LogP contribution in [0.25, 0.3) is 0 Å². The molecular weight excluding hydrogens is 428 g/mol. The number of carbonyl (C=O) groups is 2. The van der Waals surface area contributed by atoms with Gasteiger partial charge in [0, 0.05) is 11.8 Å². The topological polar surface area (TPSA) is 100 Å². The summed E-state index contributed by atoms with van der Waals surface area (Å²) in [5.41, 5.74) is 9.73. The number of rotatable bonds is 4. The van der Waals surface area contributed by atoms with E-state index >= 15 is 0 Å². The van der Waals surface area contributed by atoms with Crippen molar-refractivity contribution in [2.45, 2.75) is 13.0 Å². The molecule has 2 amide bonds. The van der Waals surface area contributed by atoms with E-state index in [4.69, 9.17) is 5.73 Å². The molecule has 0 bridgehead atoms. The number of quaternary nitrogens is 1. The molecule has 2 saturated heterocycles. The molecule has 3 aromatic rings. The second-order valence-electron chi connectivity index (χ2n) is 9.12. The van der Waals surface area contributed by atoms with Crippen molar-refractivity contribution in [1.29, 1.82) is 0 Å². The fourth-order valence-electron chi connectivity index (χ4n) is 5.00. The summed E-state index contributed by atoms with van der Waals surface area (Å²) in [7, 11) is 0. The minimum Gasteiger partial charge on any atom is -0.397 e. The van der Waals surface area contributed by atoms with E-state index in [1.54, 1.807) is 24.4 Å². The van der Waals surface area contributed by atoms with Gasteiger partial charge in [0.25, 0.3) is 11.8 Å². The Morgan fingerprint density at radius 3 is 2.62 bits per heavy atom. The molecule has 3 heterocycles. The number of para-hydroxylation sites is 2. The molecule has 1 atom stereocenters. The Balaban J connectivity index is 1.26. The normalized spacial score (nSPS) is 19.1. The van der Waals surface area contributed by atoms with Crippen LogP contribution in [-0.2, 0) is 4.79 Å². The van der Waals surface area contributed by atoms with Gasteiger partial charge in [-0.3, -0.25) is 14.1 Å². The lowest BCUT2D eigenvalue weighted by atomic mass is 10.0. The van der Waals surface area contributed by atoms with Gasteiger partial charge in [0.15, 0.2) is 12.7 Å². The van der Waals surface area contributed by atoms with Crippen molar-refractivity contribution in [2.24, 2.45) is 0 Å². The zero-order valence-electron chi connectivity index (χ0n) is 19.2. The Bertz CT molecular complexity index is 1220. The highest BCUT2D eigenvalue weighted by Gasteiger charge is 2.50. The number of pyridine rings is 1. The van der Waals surface area contributed by atoms with Crippen LogP contribution in [0.5, 0.6) is 0 Å². The number of carbonyl (C=O) groups excluding carboxylic acids is 2. The molecule has 174 valence electrons. The van der Waals surface area contributed by atoms with E-state index in [9.17, 15) is 9.59 Å². The van der Waals surface area contributed by atoms with Gasteiger partial charge in [0.1, 0.15) is 5.82 Å². The second-order valence-corrected chi connectivity index (χ2v) is 9.12. The quantitative estimate of drug-likeness (QED) is 0.413. The Kier molecular flexibility index (Phi) is 5.67. The van der Waals surface area contributed by atoms with Gasteiger partial charge in [-0.05, 0) is 37.3 Å². The van der Waals surface area contributed by atoms with Crippen molar-refractivity contribution >= 4 is 29.0 Å². The van der Waals surface area contributed by atoms with E-state index in [1.165, 1.54) is 0 Å². The largest absolute Gasteiger partial charge is 0.397 e. The van der Waals surface area contributed by atoms with E-state index in [-0.39, 0.29) is 17.9 Å². The Hall–Kier alpha value is -3.91. The number of nitrogens with one attached hydrogen (secondary N) is 2. The average molecular weight is 458 g/mol. The third-order valence-electron chi connectivity index (χ3n) is 6.90. The number of aromatic nitrogens is 1. The second kappa shape index (κ2) is 8.79. The monoisotopic (exact) mass is 457 g/mol. The van der Waals surface area contributed by atoms with Gasteiger partial charge >= 0.3 is 0 Å². The summed E-state index contributed by atoms with van der Waals surface area (Å²) >= 11 is 0. The zero-order chi connectivity index (χ0) is 23.7. The maximum atomic E-state index is 12.8. The molecular formula is C26H29N6O2+. The Labute approximate surface area is 199 Å². The SMILES string of the molecule is Cc1cccc(C2C(=O)NC[N+]23CCN(c2ccc(C(=O)Nc4ccccc4N)cn2)CC3)c1. The third-order valence-corrected chi connectivity index (χ3v) is 6.90. The van der Waals surface area contributed by atoms with Crippen LogP contribution in [0.3, 0.4) is 0 Å². The first kappa shape index (κ1) is 21.9. The number of aryl methyl sites for hydroxylation is 1. The molecule has 2 fully saturated rings. The summed E-state index contributed by atoms with van der Waals surface area (Å²) in [6.07, 6.45) is 1.60.